The second-order valence-electron chi connectivity index (χ2n) is 15.3. The largest absolute Gasteiger partial charge is 0.497 e. The van der Waals surface area contributed by atoms with Crippen molar-refractivity contribution in [3.8, 4) is 17.0 Å². The number of aliphatic hydroxyl groups excluding tert-OH is 1. The minimum Gasteiger partial charge on any atom is -0.497 e. The molecule has 0 saturated heterocycles. The number of nitrogens with one attached hydrogen (secondary N) is 1. The fraction of sp³-hybridized carbons (Fsp3) is 0.439. The molecule has 11 nitrogen and oxygen atoms in total. The number of allylic oxidation sites excluding steroid dienone is 1. The van der Waals surface area contributed by atoms with Crippen molar-refractivity contribution in [1.82, 2.24) is 24.0 Å². The molecule has 3 aliphatic rings. The second kappa shape index (κ2) is 15.2. The topological polar surface area (TPSA) is 136 Å². The molecular weight excluding hydrogens is 748 g/mol. The van der Waals surface area contributed by atoms with Gasteiger partial charge < -0.3 is 19.3 Å². The summed E-state index contributed by atoms with van der Waals surface area (Å²) in [5, 5.41) is 14.3. The van der Waals surface area contributed by atoms with E-state index in [0.29, 0.717) is 28.8 Å². The summed E-state index contributed by atoms with van der Waals surface area (Å²) >= 11 is 0. The van der Waals surface area contributed by atoms with Crippen LogP contribution in [0.5, 0.6) is 5.75 Å². The van der Waals surface area contributed by atoms with Gasteiger partial charge >= 0.3 is 6.18 Å². The number of sulfonamides is 1. The normalized spacial score (nSPS) is 18.1. The first kappa shape index (κ1) is 39.3. The van der Waals surface area contributed by atoms with E-state index in [9.17, 15) is 36.3 Å². The van der Waals surface area contributed by atoms with E-state index in [1.54, 1.807) is 37.4 Å². The molecule has 1 aliphatic carbocycles. The van der Waals surface area contributed by atoms with Gasteiger partial charge in [0.05, 0.1) is 48.2 Å². The van der Waals surface area contributed by atoms with Gasteiger partial charge in [-0.15, -0.1) is 0 Å². The van der Waals surface area contributed by atoms with Crippen LogP contribution in [0.15, 0.2) is 54.9 Å². The molecule has 0 radical (unpaired) electrons. The van der Waals surface area contributed by atoms with Crippen LogP contribution in [0.3, 0.4) is 0 Å². The Labute approximate surface area is 323 Å². The Kier molecular flexibility index (Phi) is 10.7. The minimum absolute atomic E-state index is 0.0111. The standard InChI is InChI=1S/C41H46F3N5O6S/c1-24(2)56(53,54)46-39(51)27-12-14-33-35(20-27)48-22-29(18-28-19-31(55-4)13-15-32(28)38(48)36(33)26-9-6-5-7-10-26)37-34(21-45-49(37)23-41(42,43)44)40(52)47-16-8-11-30(47)17-25(3)50/h8,12-16,18-21,24-26,30,50H,5-7,9-11,17,22-23H2,1-4H3,(H,46,51)/t25-,30?/m0/s1. The van der Waals surface area contributed by atoms with E-state index < -0.39 is 52.0 Å². The summed E-state index contributed by atoms with van der Waals surface area (Å²) in [5.74, 6) is -0.682. The number of benzene rings is 2. The Morgan fingerprint density at radius 3 is 2.48 bits per heavy atom. The summed E-state index contributed by atoms with van der Waals surface area (Å²) in [5.41, 5.74) is 4.35. The Morgan fingerprint density at radius 2 is 1.80 bits per heavy atom. The van der Waals surface area contributed by atoms with E-state index in [2.05, 4.69) is 9.82 Å². The molecular formula is C41H46F3N5O6S. The number of halogens is 3. The maximum absolute atomic E-state index is 14.4. The average Bonchev–Trinajstić information content (AvgIpc) is 3.83. The fourth-order valence-corrected chi connectivity index (χ4v) is 8.96. The van der Waals surface area contributed by atoms with E-state index >= 15 is 0 Å². The molecule has 0 spiro atoms. The number of aromatic nitrogens is 3. The molecule has 298 valence electrons. The maximum Gasteiger partial charge on any atom is 0.408 e. The van der Waals surface area contributed by atoms with Gasteiger partial charge in [0.25, 0.3) is 11.8 Å². The van der Waals surface area contributed by atoms with E-state index in [-0.39, 0.29) is 35.7 Å². The number of fused-ring (bicyclic) bond motifs is 5. The van der Waals surface area contributed by atoms with Gasteiger partial charge in [0.1, 0.15) is 12.3 Å². The van der Waals surface area contributed by atoms with Crippen molar-refractivity contribution < 1.29 is 41.0 Å². The molecule has 7 rings (SSSR count). The molecule has 2 aromatic carbocycles. The molecule has 15 heteroatoms. The lowest BCUT2D eigenvalue weighted by molar-refractivity contribution is -0.142. The van der Waals surface area contributed by atoms with E-state index in [0.717, 1.165) is 59.0 Å². The van der Waals surface area contributed by atoms with Gasteiger partial charge in [-0.1, -0.05) is 31.4 Å². The van der Waals surface area contributed by atoms with Crippen molar-refractivity contribution in [2.45, 2.75) is 108 Å². The zero-order valence-electron chi connectivity index (χ0n) is 31.8. The van der Waals surface area contributed by atoms with Crippen LogP contribution in [0.4, 0.5) is 13.2 Å². The lowest BCUT2D eigenvalue weighted by atomic mass is 9.81. The molecule has 2 amide bonds. The second-order valence-corrected chi connectivity index (χ2v) is 17.6. The van der Waals surface area contributed by atoms with Gasteiger partial charge in [0.2, 0.25) is 10.0 Å². The molecule has 1 saturated carbocycles. The molecule has 2 aromatic heterocycles. The molecule has 1 fully saturated rings. The predicted molar refractivity (Wildman–Crippen MR) is 207 cm³/mol. The van der Waals surface area contributed by atoms with Crippen molar-refractivity contribution in [3.05, 3.63) is 82.8 Å². The first-order chi connectivity index (χ1) is 26.6. The van der Waals surface area contributed by atoms with Gasteiger partial charge in [0, 0.05) is 34.3 Å². The number of aliphatic hydroxyl groups is 1. The smallest absolute Gasteiger partial charge is 0.408 e. The number of methoxy groups -OCH3 is 1. The number of alkyl halides is 3. The summed E-state index contributed by atoms with van der Waals surface area (Å²) in [6.45, 7) is 3.10. The monoisotopic (exact) mass is 793 g/mol. The van der Waals surface area contributed by atoms with Crippen molar-refractivity contribution >= 4 is 44.4 Å². The summed E-state index contributed by atoms with van der Waals surface area (Å²) in [7, 11) is -2.42. The third-order valence-electron chi connectivity index (χ3n) is 11.0. The summed E-state index contributed by atoms with van der Waals surface area (Å²) < 4.78 is 78.8. The lowest BCUT2D eigenvalue weighted by Gasteiger charge is -2.25. The van der Waals surface area contributed by atoms with Gasteiger partial charge in [-0.3, -0.25) is 14.3 Å². The molecule has 4 heterocycles. The number of carbonyl (C=O) groups is 2. The van der Waals surface area contributed by atoms with Crippen LogP contribution in [0.1, 0.15) is 109 Å². The molecule has 2 atom stereocenters. The molecule has 1 unspecified atom stereocenters. The van der Waals surface area contributed by atoms with Crippen LogP contribution in [-0.2, 0) is 23.1 Å². The fourth-order valence-electron chi connectivity index (χ4n) is 8.35. The summed E-state index contributed by atoms with van der Waals surface area (Å²) in [4.78, 5) is 29.3. The molecule has 2 aliphatic heterocycles. The lowest BCUT2D eigenvalue weighted by Crippen LogP contribution is -2.35. The van der Waals surface area contributed by atoms with Crippen LogP contribution < -0.4 is 9.46 Å². The van der Waals surface area contributed by atoms with Crippen LogP contribution >= 0.6 is 0 Å². The third-order valence-corrected chi connectivity index (χ3v) is 12.7. The van der Waals surface area contributed by atoms with Crippen molar-refractivity contribution in [2.24, 2.45) is 0 Å². The highest BCUT2D eigenvalue weighted by Gasteiger charge is 2.37. The van der Waals surface area contributed by atoms with E-state index in [1.165, 1.54) is 32.1 Å². The summed E-state index contributed by atoms with van der Waals surface area (Å²) in [6, 6.07) is 10.2. The maximum atomic E-state index is 14.4. The molecule has 4 aromatic rings. The SMILES string of the molecule is COc1ccc2c(c1)C=C(c1c(C(=O)N3C=CCC3C[C@H](C)O)cnn1CC(F)(F)F)Cn1c-2c(C2CCCCC2)c2ccc(C(=O)NS(=O)(=O)C(C)C)cc21. The zero-order valence-corrected chi connectivity index (χ0v) is 32.6. The Bertz CT molecular complexity index is 2350. The number of nitrogens with zero attached hydrogens (tertiary/aromatic N) is 4. The number of rotatable bonds is 10. The predicted octanol–water partition coefficient (Wildman–Crippen LogP) is 7.64. The molecule has 0 bridgehead atoms. The number of hydrogen-bond donors (Lipinski definition) is 2. The number of carbonyl (C=O) groups excluding carboxylic acids is 2. The molecule has 2 N–H and O–H groups in total. The quantitative estimate of drug-likeness (QED) is 0.169. The Morgan fingerprint density at radius 1 is 1.05 bits per heavy atom. The molecule has 56 heavy (non-hydrogen) atoms. The first-order valence-electron chi connectivity index (χ1n) is 19.0. The van der Waals surface area contributed by atoms with Gasteiger partial charge in [-0.25, -0.2) is 13.1 Å². The van der Waals surface area contributed by atoms with E-state index in [1.807, 2.05) is 28.8 Å². The van der Waals surface area contributed by atoms with Gasteiger partial charge in [0.15, 0.2) is 0 Å². The van der Waals surface area contributed by atoms with Crippen LogP contribution in [-0.4, -0.2) is 75.3 Å². The van der Waals surface area contributed by atoms with Gasteiger partial charge in [-0.05, 0) is 105 Å². The van der Waals surface area contributed by atoms with Crippen LogP contribution in [0.2, 0.25) is 0 Å². The number of hydrogen-bond acceptors (Lipinski definition) is 7. The van der Waals surface area contributed by atoms with E-state index in [4.69, 9.17) is 4.74 Å². The van der Waals surface area contributed by atoms with Crippen molar-refractivity contribution in [2.75, 3.05) is 7.11 Å². The third kappa shape index (κ3) is 7.62. The Balaban J connectivity index is 1.47. The zero-order chi connectivity index (χ0) is 40.1. The number of ether oxygens (including phenoxy) is 1. The van der Waals surface area contributed by atoms with Crippen molar-refractivity contribution in [3.63, 3.8) is 0 Å². The van der Waals surface area contributed by atoms with Gasteiger partial charge in [-0.2, -0.15) is 18.3 Å². The van der Waals surface area contributed by atoms with Crippen LogP contribution in [0.25, 0.3) is 33.8 Å². The Hall–Kier alpha value is -4.89. The summed E-state index contributed by atoms with van der Waals surface area (Å²) in [6.07, 6.45) is 6.69. The minimum atomic E-state index is -4.67. The average molecular weight is 794 g/mol. The van der Waals surface area contributed by atoms with Crippen LogP contribution in [0, 0.1) is 0 Å². The number of amides is 2. The highest BCUT2D eigenvalue weighted by atomic mass is 32.2. The highest BCUT2D eigenvalue weighted by molar-refractivity contribution is 7.90. The highest BCUT2D eigenvalue weighted by Crippen LogP contribution is 2.48. The van der Waals surface area contributed by atoms with Crippen molar-refractivity contribution in [1.29, 1.82) is 0 Å². The first-order valence-corrected chi connectivity index (χ1v) is 20.5.